The number of nitrogens with zero attached hydrogens (tertiary/aromatic N) is 4. The van der Waals surface area contributed by atoms with Gasteiger partial charge in [-0.15, -0.1) is 0 Å². The minimum atomic E-state index is -0.185. The topological polar surface area (TPSA) is 106 Å². The fourth-order valence-electron chi connectivity index (χ4n) is 3.47. The zero-order valence-corrected chi connectivity index (χ0v) is 16.7. The maximum absolute atomic E-state index is 12.9. The van der Waals surface area contributed by atoms with Gasteiger partial charge in [0.15, 0.2) is 0 Å². The number of anilines is 1. The van der Waals surface area contributed by atoms with Gasteiger partial charge in [0.05, 0.1) is 10.9 Å². The molecule has 29 heavy (non-hydrogen) atoms. The fourth-order valence-corrected chi connectivity index (χ4v) is 3.47. The van der Waals surface area contributed by atoms with Crippen LogP contribution in [0.1, 0.15) is 66.0 Å². The number of carbonyl (C=O) groups excluding carboxylic acids is 1. The Kier molecular flexibility index (Phi) is 4.22. The van der Waals surface area contributed by atoms with Gasteiger partial charge in [-0.3, -0.25) is 4.79 Å². The van der Waals surface area contributed by atoms with Crippen molar-refractivity contribution < 1.29 is 9.21 Å². The van der Waals surface area contributed by atoms with E-state index >= 15 is 0 Å². The van der Waals surface area contributed by atoms with Gasteiger partial charge < -0.3 is 15.1 Å². The molecular weight excluding hydrogens is 368 g/mol. The van der Waals surface area contributed by atoms with Gasteiger partial charge in [0.1, 0.15) is 23.7 Å². The Labute approximate surface area is 168 Å². The first-order valence-corrected chi connectivity index (χ1v) is 10.1. The highest BCUT2D eigenvalue weighted by Gasteiger charge is 2.38. The van der Waals surface area contributed by atoms with Crippen LogP contribution >= 0.6 is 0 Å². The van der Waals surface area contributed by atoms with Crippen molar-refractivity contribution >= 4 is 22.8 Å². The van der Waals surface area contributed by atoms with Gasteiger partial charge in [0.25, 0.3) is 5.91 Å². The third kappa shape index (κ3) is 3.66. The van der Waals surface area contributed by atoms with E-state index in [0.717, 1.165) is 24.2 Å². The molecule has 3 aromatic heterocycles. The van der Waals surface area contributed by atoms with Gasteiger partial charge >= 0.3 is 0 Å². The Morgan fingerprint density at radius 1 is 1.21 bits per heavy atom. The van der Waals surface area contributed by atoms with Crippen LogP contribution in [-0.2, 0) is 6.42 Å². The minimum absolute atomic E-state index is 0.0346. The summed E-state index contributed by atoms with van der Waals surface area (Å²) >= 11 is 0. The predicted octanol–water partition coefficient (Wildman–Crippen LogP) is 3.14. The van der Waals surface area contributed by atoms with Crippen LogP contribution in [-0.4, -0.2) is 37.9 Å². The number of fused-ring (bicyclic) bond motifs is 1. The summed E-state index contributed by atoms with van der Waals surface area (Å²) in [6.45, 7) is 4.42. The van der Waals surface area contributed by atoms with Crippen molar-refractivity contribution in [2.45, 2.75) is 57.4 Å². The molecule has 1 amide bonds. The Hall–Kier alpha value is -3.03. The molecule has 2 fully saturated rings. The lowest BCUT2D eigenvalue weighted by atomic mass is 10.1. The lowest BCUT2D eigenvalue weighted by Gasteiger charge is -2.13. The maximum Gasteiger partial charge on any atom is 0.255 e. The Balaban J connectivity index is 1.30. The molecule has 0 aromatic carbocycles. The van der Waals surface area contributed by atoms with Gasteiger partial charge in [0.2, 0.25) is 5.71 Å². The average molecular weight is 392 g/mol. The molecule has 5 rings (SSSR count). The summed E-state index contributed by atoms with van der Waals surface area (Å²) in [4.78, 5) is 30.4. The number of hydrogen-bond donors (Lipinski definition) is 2. The summed E-state index contributed by atoms with van der Waals surface area (Å²) in [5.41, 5.74) is 1.97. The van der Waals surface area contributed by atoms with E-state index in [-0.39, 0.29) is 11.4 Å². The van der Waals surface area contributed by atoms with Crippen LogP contribution in [0.15, 0.2) is 23.1 Å². The number of amides is 1. The van der Waals surface area contributed by atoms with Crippen molar-refractivity contribution in [1.82, 2.24) is 25.3 Å². The van der Waals surface area contributed by atoms with Crippen molar-refractivity contribution in [3.63, 3.8) is 0 Å². The molecule has 2 aliphatic rings. The summed E-state index contributed by atoms with van der Waals surface area (Å²) in [5, 5.41) is 7.07. The van der Waals surface area contributed by atoms with Crippen LogP contribution < -0.4 is 10.6 Å². The molecule has 0 radical (unpaired) electrons. The Bertz CT molecular complexity index is 1070. The number of carbonyl (C=O) groups is 1. The van der Waals surface area contributed by atoms with Gasteiger partial charge in [-0.05, 0) is 51.5 Å². The standard InChI is InChI=1S/C21H24N6O2/c1-12-15(16-18(27-21(2)6-7-21)25-11-26-20(16)29-12)19(28)22-8-5-13-9-23-17(24-10-13)14-3-4-14/h9-11,14H,3-8H2,1-2H3,(H,22,28)(H,25,26,27). The second-order valence-electron chi connectivity index (χ2n) is 8.35. The van der Waals surface area contributed by atoms with Crippen LogP contribution in [0.4, 0.5) is 5.82 Å². The number of aromatic nitrogens is 4. The largest absolute Gasteiger partial charge is 0.442 e. The second kappa shape index (κ2) is 6.79. The van der Waals surface area contributed by atoms with Gasteiger partial charge in [-0.25, -0.2) is 19.9 Å². The first-order chi connectivity index (χ1) is 14.0. The van der Waals surface area contributed by atoms with Crippen molar-refractivity contribution in [3.05, 3.63) is 41.4 Å². The molecular formula is C21H24N6O2. The quantitative estimate of drug-likeness (QED) is 0.636. The molecule has 150 valence electrons. The third-order valence-corrected chi connectivity index (χ3v) is 5.68. The van der Waals surface area contributed by atoms with E-state index in [1.807, 2.05) is 12.4 Å². The van der Waals surface area contributed by atoms with E-state index in [1.165, 1.54) is 19.2 Å². The van der Waals surface area contributed by atoms with Crippen LogP contribution in [0.5, 0.6) is 0 Å². The molecule has 2 N–H and O–H groups in total. The first-order valence-electron chi connectivity index (χ1n) is 10.1. The summed E-state index contributed by atoms with van der Waals surface area (Å²) in [5.74, 6) is 2.49. The molecule has 0 atom stereocenters. The summed E-state index contributed by atoms with van der Waals surface area (Å²) in [6.07, 6.45) is 10.4. The first kappa shape index (κ1) is 18.0. The summed E-state index contributed by atoms with van der Waals surface area (Å²) in [7, 11) is 0. The van der Waals surface area contributed by atoms with Gasteiger partial charge in [-0.1, -0.05) is 0 Å². The number of nitrogens with one attached hydrogen (secondary N) is 2. The van der Waals surface area contributed by atoms with Crippen LogP contribution in [0.25, 0.3) is 11.1 Å². The van der Waals surface area contributed by atoms with E-state index in [9.17, 15) is 4.79 Å². The van der Waals surface area contributed by atoms with Crippen molar-refractivity contribution in [3.8, 4) is 0 Å². The highest BCUT2D eigenvalue weighted by Crippen LogP contribution is 2.40. The molecule has 3 aromatic rings. The van der Waals surface area contributed by atoms with Crippen molar-refractivity contribution in [2.24, 2.45) is 0 Å². The lowest BCUT2D eigenvalue weighted by molar-refractivity contribution is 0.0954. The van der Waals surface area contributed by atoms with Gasteiger partial charge in [-0.2, -0.15) is 0 Å². The van der Waals surface area contributed by atoms with E-state index in [2.05, 4.69) is 37.5 Å². The molecule has 8 nitrogen and oxygen atoms in total. The number of aryl methyl sites for hydroxylation is 1. The Morgan fingerprint density at radius 3 is 2.66 bits per heavy atom. The van der Waals surface area contributed by atoms with Crippen LogP contribution in [0, 0.1) is 6.92 Å². The molecule has 3 heterocycles. The number of rotatable bonds is 7. The lowest BCUT2D eigenvalue weighted by Crippen LogP contribution is -2.26. The molecule has 0 saturated heterocycles. The predicted molar refractivity (Wildman–Crippen MR) is 108 cm³/mol. The monoisotopic (exact) mass is 392 g/mol. The minimum Gasteiger partial charge on any atom is -0.442 e. The molecule has 8 heteroatoms. The van der Waals surface area contributed by atoms with Gasteiger partial charge in [0, 0.05) is 30.4 Å². The second-order valence-corrected chi connectivity index (χ2v) is 8.35. The molecule has 0 unspecified atom stereocenters. The molecule has 2 aliphatic carbocycles. The van der Waals surface area contributed by atoms with Crippen LogP contribution in [0.2, 0.25) is 0 Å². The average Bonchev–Trinajstić information content (AvgIpc) is 3.62. The molecule has 2 saturated carbocycles. The smallest absolute Gasteiger partial charge is 0.255 e. The summed E-state index contributed by atoms with van der Waals surface area (Å²) in [6, 6.07) is 0. The summed E-state index contributed by atoms with van der Waals surface area (Å²) < 4.78 is 5.73. The van der Waals surface area contributed by atoms with E-state index in [1.54, 1.807) is 6.92 Å². The number of furan rings is 1. The van der Waals surface area contributed by atoms with E-state index < -0.39 is 0 Å². The van der Waals surface area contributed by atoms with Crippen molar-refractivity contribution in [2.75, 3.05) is 11.9 Å². The van der Waals surface area contributed by atoms with Crippen LogP contribution in [0.3, 0.4) is 0 Å². The third-order valence-electron chi connectivity index (χ3n) is 5.68. The zero-order chi connectivity index (χ0) is 20.0. The molecule has 0 spiro atoms. The molecule has 0 aliphatic heterocycles. The maximum atomic E-state index is 12.9. The van der Waals surface area contributed by atoms with Crippen molar-refractivity contribution in [1.29, 1.82) is 0 Å². The SMILES string of the molecule is Cc1oc2ncnc(NC3(C)CC3)c2c1C(=O)NCCc1cnc(C2CC2)nc1. The zero-order valence-electron chi connectivity index (χ0n) is 16.7. The molecule has 0 bridgehead atoms. The van der Waals surface area contributed by atoms with E-state index in [4.69, 9.17) is 4.42 Å². The normalized spacial score (nSPS) is 17.3. The highest BCUT2D eigenvalue weighted by molar-refractivity contribution is 6.10. The van der Waals surface area contributed by atoms with E-state index in [0.29, 0.717) is 47.1 Å². The highest BCUT2D eigenvalue weighted by atomic mass is 16.3. The number of hydrogen-bond acceptors (Lipinski definition) is 7. The fraction of sp³-hybridized carbons (Fsp3) is 0.476. The Morgan fingerprint density at radius 2 is 1.97 bits per heavy atom.